The van der Waals surface area contributed by atoms with Crippen molar-refractivity contribution >= 4 is 17.8 Å². The number of urea groups is 1. The number of rotatable bonds is 4. The van der Waals surface area contributed by atoms with E-state index in [1.807, 2.05) is 0 Å². The Morgan fingerprint density at radius 2 is 2.10 bits per heavy atom. The fourth-order valence-electron chi connectivity index (χ4n) is 2.26. The van der Waals surface area contributed by atoms with Crippen molar-refractivity contribution in [3.63, 3.8) is 0 Å². The predicted octanol–water partition coefficient (Wildman–Crippen LogP) is 1.55. The van der Waals surface area contributed by atoms with E-state index in [1.165, 1.54) is 6.42 Å². The molecule has 2 rings (SSSR count). The molecule has 7 heteroatoms. The molecule has 1 aliphatic rings. The summed E-state index contributed by atoms with van der Waals surface area (Å²) in [6.07, 6.45) is 5.56. The van der Waals surface area contributed by atoms with Crippen molar-refractivity contribution in [2.24, 2.45) is 0 Å². The van der Waals surface area contributed by atoms with Crippen molar-refractivity contribution in [2.75, 3.05) is 11.9 Å². The highest BCUT2D eigenvalue weighted by atomic mass is 16.5. The van der Waals surface area contributed by atoms with E-state index in [0.717, 1.165) is 25.7 Å². The summed E-state index contributed by atoms with van der Waals surface area (Å²) in [7, 11) is 0. The maximum absolute atomic E-state index is 11.6. The van der Waals surface area contributed by atoms with Gasteiger partial charge < -0.3 is 20.5 Å². The van der Waals surface area contributed by atoms with Gasteiger partial charge in [-0.25, -0.2) is 4.79 Å². The second-order valence-electron chi connectivity index (χ2n) is 5.03. The molecule has 0 bridgehead atoms. The van der Waals surface area contributed by atoms with Crippen LogP contribution in [0.2, 0.25) is 0 Å². The minimum Gasteiger partial charge on any atom is -0.360 e. The number of aromatic nitrogens is 1. The third kappa shape index (κ3) is 4.56. The first kappa shape index (κ1) is 14.4. The highest BCUT2D eigenvalue weighted by molar-refractivity contribution is 5.93. The third-order valence-corrected chi connectivity index (χ3v) is 3.25. The maximum atomic E-state index is 11.6. The van der Waals surface area contributed by atoms with Crippen molar-refractivity contribution in [2.45, 2.75) is 45.1 Å². The van der Waals surface area contributed by atoms with Gasteiger partial charge in [0, 0.05) is 12.1 Å². The van der Waals surface area contributed by atoms with Crippen molar-refractivity contribution in [1.82, 2.24) is 15.8 Å². The Morgan fingerprint density at radius 1 is 1.35 bits per heavy atom. The minimum absolute atomic E-state index is 0.0928. The van der Waals surface area contributed by atoms with E-state index >= 15 is 0 Å². The number of carbonyl (C=O) groups excluding carboxylic acids is 2. The molecule has 110 valence electrons. The van der Waals surface area contributed by atoms with Crippen molar-refractivity contribution in [3.8, 4) is 0 Å². The van der Waals surface area contributed by atoms with E-state index in [1.54, 1.807) is 13.0 Å². The number of aryl methyl sites for hydroxylation is 1. The summed E-state index contributed by atoms with van der Waals surface area (Å²) in [6.45, 7) is 1.64. The molecular weight excluding hydrogens is 260 g/mol. The van der Waals surface area contributed by atoms with Crippen molar-refractivity contribution in [3.05, 3.63) is 11.8 Å². The predicted molar refractivity (Wildman–Crippen MR) is 73.3 cm³/mol. The quantitative estimate of drug-likeness (QED) is 0.779. The summed E-state index contributed by atoms with van der Waals surface area (Å²) in [5.74, 6) is 0.627. The Hall–Kier alpha value is -2.05. The zero-order valence-corrected chi connectivity index (χ0v) is 11.6. The Kier molecular flexibility index (Phi) is 4.97. The van der Waals surface area contributed by atoms with Gasteiger partial charge in [0.25, 0.3) is 0 Å². The van der Waals surface area contributed by atoms with Gasteiger partial charge in [0.05, 0.1) is 6.54 Å². The summed E-state index contributed by atoms with van der Waals surface area (Å²) in [4.78, 5) is 23.2. The molecule has 0 radical (unpaired) electrons. The van der Waals surface area contributed by atoms with E-state index in [-0.39, 0.29) is 24.5 Å². The van der Waals surface area contributed by atoms with Gasteiger partial charge in [0.15, 0.2) is 5.82 Å². The molecule has 1 saturated carbocycles. The fraction of sp³-hybridized carbons (Fsp3) is 0.615. The molecule has 1 aromatic heterocycles. The van der Waals surface area contributed by atoms with Crippen molar-refractivity contribution in [1.29, 1.82) is 0 Å². The second-order valence-corrected chi connectivity index (χ2v) is 5.03. The van der Waals surface area contributed by atoms with Gasteiger partial charge in [-0.15, -0.1) is 0 Å². The van der Waals surface area contributed by atoms with Gasteiger partial charge in [-0.2, -0.15) is 0 Å². The van der Waals surface area contributed by atoms with Crippen LogP contribution in [0.1, 0.15) is 37.9 Å². The Bertz CT molecular complexity index is 466. The van der Waals surface area contributed by atoms with Crippen LogP contribution >= 0.6 is 0 Å². The lowest BCUT2D eigenvalue weighted by atomic mass is 9.96. The van der Waals surface area contributed by atoms with E-state index in [2.05, 4.69) is 21.1 Å². The Morgan fingerprint density at radius 3 is 2.75 bits per heavy atom. The van der Waals surface area contributed by atoms with Crippen LogP contribution in [0.5, 0.6) is 0 Å². The number of hydrogen-bond acceptors (Lipinski definition) is 4. The van der Waals surface area contributed by atoms with Crippen LogP contribution in [0.4, 0.5) is 10.6 Å². The zero-order valence-electron chi connectivity index (χ0n) is 11.6. The first-order valence-corrected chi connectivity index (χ1v) is 6.91. The molecule has 0 aromatic carbocycles. The fourth-order valence-corrected chi connectivity index (χ4v) is 2.26. The van der Waals surface area contributed by atoms with E-state index in [4.69, 9.17) is 4.52 Å². The summed E-state index contributed by atoms with van der Waals surface area (Å²) in [6, 6.07) is 1.54. The summed E-state index contributed by atoms with van der Waals surface area (Å²) >= 11 is 0. The molecule has 1 aliphatic carbocycles. The molecule has 1 aromatic rings. The van der Waals surface area contributed by atoms with Gasteiger partial charge >= 0.3 is 6.03 Å². The molecule has 0 aliphatic heterocycles. The van der Waals surface area contributed by atoms with E-state index in [0.29, 0.717) is 11.6 Å². The zero-order chi connectivity index (χ0) is 14.4. The topological polar surface area (TPSA) is 96.3 Å². The van der Waals surface area contributed by atoms with E-state index < -0.39 is 0 Å². The number of nitrogens with zero attached hydrogens (tertiary/aromatic N) is 1. The van der Waals surface area contributed by atoms with Crippen LogP contribution in [-0.2, 0) is 4.79 Å². The smallest absolute Gasteiger partial charge is 0.315 e. The maximum Gasteiger partial charge on any atom is 0.315 e. The third-order valence-electron chi connectivity index (χ3n) is 3.25. The lowest BCUT2D eigenvalue weighted by molar-refractivity contribution is -0.115. The van der Waals surface area contributed by atoms with Gasteiger partial charge in [-0.05, 0) is 19.8 Å². The monoisotopic (exact) mass is 280 g/mol. The van der Waals surface area contributed by atoms with Crippen LogP contribution < -0.4 is 16.0 Å². The van der Waals surface area contributed by atoms with Crippen LogP contribution in [0.3, 0.4) is 0 Å². The summed E-state index contributed by atoms with van der Waals surface area (Å²) < 4.78 is 4.83. The average Bonchev–Trinajstić information content (AvgIpc) is 2.83. The molecule has 7 nitrogen and oxygen atoms in total. The Balaban J connectivity index is 1.66. The van der Waals surface area contributed by atoms with Gasteiger partial charge in [0.2, 0.25) is 5.91 Å². The van der Waals surface area contributed by atoms with Crippen LogP contribution in [-0.4, -0.2) is 29.7 Å². The summed E-state index contributed by atoms with van der Waals surface area (Å²) in [5, 5.41) is 11.6. The number of hydrogen-bond donors (Lipinski definition) is 3. The van der Waals surface area contributed by atoms with Gasteiger partial charge in [-0.1, -0.05) is 24.4 Å². The number of nitrogens with one attached hydrogen (secondary N) is 3. The van der Waals surface area contributed by atoms with Gasteiger partial charge in [0.1, 0.15) is 5.76 Å². The molecule has 0 unspecified atom stereocenters. The molecule has 1 fully saturated rings. The normalized spacial score (nSPS) is 15.7. The van der Waals surface area contributed by atoms with Crippen molar-refractivity contribution < 1.29 is 14.1 Å². The first-order chi connectivity index (χ1) is 9.63. The lowest BCUT2D eigenvalue weighted by Gasteiger charge is -2.22. The first-order valence-electron chi connectivity index (χ1n) is 6.91. The van der Waals surface area contributed by atoms with Crippen LogP contribution in [0.25, 0.3) is 0 Å². The number of anilines is 1. The van der Waals surface area contributed by atoms with Crippen LogP contribution in [0.15, 0.2) is 10.6 Å². The SMILES string of the molecule is Cc1cc(NC(=O)CNC(=O)NC2CCCCC2)no1. The second kappa shape index (κ2) is 6.93. The molecule has 0 spiro atoms. The molecule has 3 amide bonds. The molecule has 3 N–H and O–H groups in total. The lowest BCUT2D eigenvalue weighted by Crippen LogP contribution is -2.45. The molecule has 20 heavy (non-hydrogen) atoms. The average molecular weight is 280 g/mol. The standard InChI is InChI=1S/C13H20N4O3/c1-9-7-11(17-20-9)16-12(18)8-14-13(19)15-10-5-3-2-4-6-10/h7,10H,2-6,8H2,1H3,(H2,14,15,19)(H,16,17,18). The highest BCUT2D eigenvalue weighted by Gasteiger charge is 2.16. The number of carbonyl (C=O) groups is 2. The molecular formula is C13H20N4O3. The molecule has 0 atom stereocenters. The largest absolute Gasteiger partial charge is 0.360 e. The summed E-state index contributed by atoms with van der Waals surface area (Å²) in [5.41, 5.74) is 0. The number of amides is 3. The molecule has 1 heterocycles. The minimum atomic E-state index is -0.336. The van der Waals surface area contributed by atoms with Gasteiger partial charge in [-0.3, -0.25) is 4.79 Å². The Labute approximate surface area is 117 Å². The highest BCUT2D eigenvalue weighted by Crippen LogP contribution is 2.17. The molecule has 0 saturated heterocycles. The van der Waals surface area contributed by atoms with E-state index in [9.17, 15) is 9.59 Å². The van der Waals surface area contributed by atoms with Crippen LogP contribution in [0, 0.1) is 6.92 Å².